The molecule has 1 aromatic carbocycles. The molecule has 0 aliphatic heterocycles. The Bertz CT molecular complexity index is 324. The van der Waals surface area contributed by atoms with Crippen molar-refractivity contribution >= 4 is 0 Å². The first-order chi connectivity index (χ1) is 6.03. The van der Waals surface area contributed by atoms with E-state index < -0.39 is 5.60 Å². The van der Waals surface area contributed by atoms with E-state index in [2.05, 4.69) is 0 Å². The summed E-state index contributed by atoms with van der Waals surface area (Å²) in [4.78, 5) is 0. The van der Waals surface area contributed by atoms with Gasteiger partial charge in [-0.2, -0.15) is 5.26 Å². The summed E-state index contributed by atoms with van der Waals surface area (Å²) in [5, 5.41) is 17.9. The molecule has 0 aromatic heterocycles. The minimum Gasteiger partial charge on any atom is -0.375 e. The molecule has 0 fully saturated rings. The molecule has 1 unspecified atom stereocenters. The molecule has 3 heteroatoms. The molecule has 0 bridgehead atoms. The van der Waals surface area contributed by atoms with Gasteiger partial charge in [-0.05, 0) is 24.6 Å². The normalized spacial score (nSPS) is 14.6. The van der Waals surface area contributed by atoms with Crippen LogP contribution in [-0.4, -0.2) is 10.7 Å². The van der Waals surface area contributed by atoms with Crippen molar-refractivity contribution in [3.05, 3.63) is 35.6 Å². The zero-order valence-electron chi connectivity index (χ0n) is 7.29. The molecule has 1 N–H and O–H groups in total. The molecule has 0 heterocycles. The third-order valence-corrected chi connectivity index (χ3v) is 1.70. The summed E-state index contributed by atoms with van der Waals surface area (Å²) in [6.07, 6.45) is 0.212. The van der Waals surface area contributed by atoms with Crippen molar-refractivity contribution in [2.24, 2.45) is 0 Å². The summed E-state index contributed by atoms with van der Waals surface area (Å²) in [5.74, 6) is -0.319. The van der Waals surface area contributed by atoms with Gasteiger partial charge >= 0.3 is 0 Å². The molecule has 1 aromatic rings. The maximum absolute atomic E-state index is 12.5. The highest BCUT2D eigenvalue weighted by molar-refractivity contribution is 5.20. The third-order valence-electron chi connectivity index (χ3n) is 1.70. The smallest absolute Gasteiger partial charge is 0.152 e. The second-order valence-corrected chi connectivity index (χ2v) is 3.19. The first-order valence-corrected chi connectivity index (χ1v) is 3.91. The molecule has 0 aliphatic rings. The van der Waals surface area contributed by atoms with Gasteiger partial charge in [0.25, 0.3) is 0 Å². The molecule has 0 saturated carbocycles. The van der Waals surface area contributed by atoms with Crippen molar-refractivity contribution in [3.63, 3.8) is 0 Å². The number of nitriles is 1. The van der Waals surface area contributed by atoms with E-state index in [0.717, 1.165) is 5.56 Å². The molecule has 0 aliphatic carbocycles. The Balaban J connectivity index is 2.77. The van der Waals surface area contributed by atoms with E-state index >= 15 is 0 Å². The maximum atomic E-state index is 12.5. The van der Waals surface area contributed by atoms with Crippen molar-refractivity contribution in [2.75, 3.05) is 0 Å². The highest BCUT2D eigenvalue weighted by Gasteiger charge is 2.19. The standard InChI is InChI=1S/C10H10FNO/c1-10(13,7-12)6-8-2-4-9(11)5-3-8/h2-5,13H,6H2,1H3. The SMILES string of the molecule is CC(O)(C#N)Cc1ccc(F)cc1. The van der Waals surface area contributed by atoms with Gasteiger partial charge in [0.1, 0.15) is 5.82 Å². The molecule has 13 heavy (non-hydrogen) atoms. The van der Waals surface area contributed by atoms with Crippen LogP contribution in [0.1, 0.15) is 12.5 Å². The van der Waals surface area contributed by atoms with E-state index in [0.29, 0.717) is 0 Å². The Morgan fingerprint density at radius 1 is 1.46 bits per heavy atom. The second kappa shape index (κ2) is 3.55. The summed E-state index contributed by atoms with van der Waals surface area (Å²) < 4.78 is 12.5. The lowest BCUT2D eigenvalue weighted by atomic mass is 9.98. The fourth-order valence-electron chi connectivity index (χ4n) is 1.04. The lowest BCUT2D eigenvalue weighted by Crippen LogP contribution is -2.24. The van der Waals surface area contributed by atoms with E-state index in [-0.39, 0.29) is 12.2 Å². The van der Waals surface area contributed by atoms with Gasteiger partial charge in [0.15, 0.2) is 5.60 Å². The van der Waals surface area contributed by atoms with Crippen LogP contribution < -0.4 is 0 Å². The monoisotopic (exact) mass is 179 g/mol. The highest BCUT2D eigenvalue weighted by atomic mass is 19.1. The fourth-order valence-corrected chi connectivity index (χ4v) is 1.04. The molecular formula is C10H10FNO. The first kappa shape index (κ1) is 9.69. The number of hydrogen-bond acceptors (Lipinski definition) is 2. The minimum absolute atomic E-state index is 0.212. The fraction of sp³-hybridized carbons (Fsp3) is 0.300. The lowest BCUT2D eigenvalue weighted by Gasteiger charge is -2.13. The van der Waals surface area contributed by atoms with Crippen LogP contribution in [0.15, 0.2) is 24.3 Å². The lowest BCUT2D eigenvalue weighted by molar-refractivity contribution is 0.120. The molecule has 0 spiro atoms. The van der Waals surface area contributed by atoms with Gasteiger partial charge in [-0.1, -0.05) is 12.1 Å². The van der Waals surface area contributed by atoms with Gasteiger partial charge in [0, 0.05) is 6.42 Å². The van der Waals surface area contributed by atoms with Crippen LogP contribution in [0, 0.1) is 17.1 Å². The summed E-state index contributed by atoms with van der Waals surface area (Å²) in [5.41, 5.74) is -0.634. The van der Waals surface area contributed by atoms with Crippen LogP contribution in [0.4, 0.5) is 4.39 Å². The topological polar surface area (TPSA) is 44.0 Å². The Morgan fingerprint density at radius 3 is 2.46 bits per heavy atom. The van der Waals surface area contributed by atoms with Crippen molar-refractivity contribution < 1.29 is 9.50 Å². The zero-order chi connectivity index (χ0) is 9.90. The van der Waals surface area contributed by atoms with E-state index in [4.69, 9.17) is 5.26 Å². The van der Waals surface area contributed by atoms with E-state index in [1.807, 2.05) is 0 Å². The number of hydrogen-bond donors (Lipinski definition) is 1. The molecule has 68 valence electrons. The summed E-state index contributed by atoms with van der Waals surface area (Å²) in [6, 6.07) is 7.50. The quantitative estimate of drug-likeness (QED) is 0.701. The minimum atomic E-state index is -1.38. The average Bonchev–Trinajstić information content (AvgIpc) is 2.09. The van der Waals surface area contributed by atoms with Gasteiger partial charge < -0.3 is 5.11 Å². The molecule has 0 saturated heterocycles. The Kier molecular flexibility index (Phi) is 2.64. The number of benzene rings is 1. The predicted molar refractivity (Wildman–Crippen MR) is 46.3 cm³/mol. The molecule has 0 radical (unpaired) electrons. The van der Waals surface area contributed by atoms with Crippen molar-refractivity contribution in [1.82, 2.24) is 0 Å². The van der Waals surface area contributed by atoms with Crippen LogP contribution in [0.25, 0.3) is 0 Å². The largest absolute Gasteiger partial charge is 0.375 e. The Hall–Kier alpha value is -1.40. The van der Waals surface area contributed by atoms with E-state index in [9.17, 15) is 9.50 Å². The van der Waals surface area contributed by atoms with Crippen LogP contribution in [0.5, 0.6) is 0 Å². The van der Waals surface area contributed by atoms with Gasteiger partial charge in [0.05, 0.1) is 6.07 Å². The van der Waals surface area contributed by atoms with Crippen LogP contribution in [0.2, 0.25) is 0 Å². The number of nitrogens with zero attached hydrogens (tertiary/aromatic N) is 1. The third kappa shape index (κ3) is 2.85. The van der Waals surface area contributed by atoms with Gasteiger partial charge in [-0.15, -0.1) is 0 Å². The highest BCUT2D eigenvalue weighted by Crippen LogP contribution is 2.12. The van der Waals surface area contributed by atoms with E-state index in [1.54, 1.807) is 18.2 Å². The van der Waals surface area contributed by atoms with Crippen LogP contribution >= 0.6 is 0 Å². The Labute approximate surface area is 76.2 Å². The Morgan fingerprint density at radius 2 is 2.00 bits per heavy atom. The first-order valence-electron chi connectivity index (χ1n) is 3.91. The van der Waals surface area contributed by atoms with Crippen LogP contribution in [-0.2, 0) is 6.42 Å². The number of rotatable bonds is 2. The van der Waals surface area contributed by atoms with Crippen molar-refractivity contribution in [2.45, 2.75) is 18.9 Å². The van der Waals surface area contributed by atoms with Gasteiger partial charge in [-0.3, -0.25) is 0 Å². The summed E-state index contributed by atoms with van der Waals surface area (Å²) in [6.45, 7) is 1.43. The molecule has 1 atom stereocenters. The van der Waals surface area contributed by atoms with Crippen molar-refractivity contribution in [1.29, 1.82) is 5.26 Å². The van der Waals surface area contributed by atoms with Crippen molar-refractivity contribution in [3.8, 4) is 6.07 Å². The predicted octanol–water partition coefficient (Wildman–Crippen LogP) is 1.64. The average molecular weight is 179 g/mol. The summed E-state index contributed by atoms with van der Waals surface area (Å²) in [7, 11) is 0. The van der Waals surface area contributed by atoms with Crippen LogP contribution in [0.3, 0.4) is 0 Å². The molecule has 0 amide bonds. The summed E-state index contributed by atoms with van der Waals surface area (Å²) >= 11 is 0. The molecule has 1 rings (SSSR count). The number of halogens is 1. The molecule has 2 nitrogen and oxygen atoms in total. The zero-order valence-corrected chi connectivity index (χ0v) is 7.29. The van der Waals surface area contributed by atoms with Gasteiger partial charge in [-0.25, -0.2) is 4.39 Å². The van der Waals surface area contributed by atoms with E-state index in [1.165, 1.54) is 19.1 Å². The maximum Gasteiger partial charge on any atom is 0.152 e. The molecular weight excluding hydrogens is 169 g/mol. The number of aliphatic hydroxyl groups is 1. The van der Waals surface area contributed by atoms with Gasteiger partial charge in [0.2, 0.25) is 0 Å². The second-order valence-electron chi connectivity index (χ2n) is 3.19.